The van der Waals surface area contributed by atoms with Crippen molar-refractivity contribution in [1.82, 2.24) is 0 Å². The standard InChI is InChI=1S/C27H21BrN2O5/c28-19-9-4-17(5-10-19)26-22-3-1-2-21(22)23-14-18(8-13-24(23)29-26)27(32)35-15-25(31)16-6-11-20(12-7-16)30(33)34/h1-2,4-14,21-22,26,29H,3,15H2/t21-,22+,26+/m1/s1. The number of ether oxygens (including phenoxy) is 1. The van der Waals surface area contributed by atoms with Crippen LogP contribution in [-0.2, 0) is 4.74 Å². The molecular weight excluding hydrogens is 512 g/mol. The lowest BCUT2D eigenvalue weighted by Crippen LogP contribution is -2.29. The summed E-state index contributed by atoms with van der Waals surface area (Å²) in [5.74, 6) is -0.506. The van der Waals surface area contributed by atoms with Gasteiger partial charge in [-0.25, -0.2) is 4.79 Å². The number of rotatable bonds is 6. The first kappa shape index (κ1) is 23.0. The molecule has 5 rings (SSSR count). The Morgan fingerprint density at radius 1 is 1.03 bits per heavy atom. The third-order valence-corrected chi connectivity index (χ3v) is 7.09. The summed E-state index contributed by atoms with van der Waals surface area (Å²) in [7, 11) is 0. The number of ketones is 1. The zero-order valence-corrected chi connectivity index (χ0v) is 20.1. The number of nitro groups is 1. The van der Waals surface area contributed by atoms with Gasteiger partial charge in [-0.15, -0.1) is 0 Å². The summed E-state index contributed by atoms with van der Waals surface area (Å²) in [5.41, 5.74) is 3.74. The van der Waals surface area contributed by atoms with Gasteiger partial charge >= 0.3 is 5.97 Å². The van der Waals surface area contributed by atoms with E-state index in [1.165, 1.54) is 29.8 Å². The maximum atomic E-state index is 12.7. The number of fused-ring (bicyclic) bond motifs is 3. The molecule has 0 fully saturated rings. The van der Waals surface area contributed by atoms with Gasteiger partial charge in [0.15, 0.2) is 12.4 Å². The molecule has 0 saturated heterocycles. The number of nitro benzene ring substituents is 1. The highest BCUT2D eigenvalue weighted by Gasteiger charge is 2.38. The highest BCUT2D eigenvalue weighted by molar-refractivity contribution is 9.10. The fourth-order valence-corrected chi connectivity index (χ4v) is 5.05. The van der Waals surface area contributed by atoms with Crippen LogP contribution in [0.3, 0.4) is 0 Å². The molecule has 1 aliphatic heterocycles. The maximum absolute atomic E-state index is 12.7. The molecular formula is C27H21BrN2O5. The molecule has 0 unspecified atom stereocenters. The number of carbonyl (C=O) groups excluding carboxylic acids is 2. The molecule has 0 bridgehead atoms. The monoisotopic (exact) mass is 532 g/mol. The highest BCUT2D eigenvalue weighted by atomic mass is 79.9. The lowest BCUT2D eigenvalue weighted by molar-refractivity contribution is -0.384. The Hall–Kier alpha value is -3.78. The second kappa shape index (κ2) is 9.46. The number of Topliss-reactive ketones (excluding diaryl/α,β-unsaturated/α-hetero) is 1. The van der Waals surface area contributed by atoms with Crippen LogP contribution >= 0.6 is 15.9 Å². The minimum Gasteiger partial charge on any atom is -0.454 e. The second-order valence-corrected chi connectivity index (χ2v) is 9.55. The van der Waals surface area contributed by atoms with Crippen molar-refractivity contribution >= 4 is 39.1 Å². The summed E-state index contributed by atoms with van der Waals surface area (Å²) >= 11 is 3.49. The van der Waals surface area contributed by atoms with E-state index in [0.29, 0.717) is 11.5 Å². The van der Waals surface area contributed by atoms with Crippen LogP contribution in [0.15, 0.2) is 83.4 Å². The van der Waals surface area contributed by atoms with E-state index < -0.39 is 23.3 Å². The largest absolute Gasteiger partial charge is 0.454 e. The molecule has 0 spiro atoms. The number of halogens is 1. The van der Waals surface area contributed by atoms with Crippen LogP contribution in [0.2, 0.25) is 0 Å². The Balaban J connectivity index is 1.30. The number of allylic oxidation sites excluding steroid dienone is 2. The Bertz CT molecular complexity index is 1330. The average molecular weight is 533 g/mol. The van der Waals surface area contributed by atoms with E-state index in [9.17, 15) is 19.7 Å². The fourth-order valence-electron chi connectivity index (χ4n) is 4.79. The zero-order valence-electron chi connectivity index (χ0n) is 18.5. The summed E-state index contributed by atoms with van der Waals surface area (Å²) in [6.07, 6.45) is 5.32. The van der Waals surface area contributed by atoms with Gasteiger partial charge in [-0.3, -0.25) is 14.9 Å². The lowest BCUT2D eigenvalue weighted by atomic mass is 9.76. The van der Waals surface area contributed by atoms with Gasteiger partial charge in [-0.05, 0) is 65.9 Å². The Morgan fingerprint density at radius 2 is 1.74 bits per heavy atom. The summed E-state index contributed by atoms with van der Waals surface area (Å²) in [4.78, 5) is 35.3. The van der Waals surface area contributed by atoms with Crippen molar-refractivity contribution in [2.24, 2.45) is 5.92 Å². The number of nitrogens with zero attached hydrogens (tertiary/aromatic N) is 1. The molecule has 7 nitrogen and oxygen atoms in total. The van der Waals surface area contributed by atoms with Gasteiger partial charge in [0.05, 0.1) is 16.5 Å². The molecule has 1 N–H and O–H groups in total. The first-order valence-corrected chi connectivity index (χ1v) is 12.0. The van der Waals surface area contributed by atoms with Gasteiger partial charge in [0.1, 0.15) is 0 Å². The minimum absolute atomic E-state index is 0.108. The van der Waals surface area contributed by atoms with Gasteiger partial charge in [-0.2, -0.15) is 0 Å². The lowest BCUT2D eigenvalue weighted by Gasteiger charge is -2.37. The Kier molecular flexibility index (Phi) is 6.21. The van der Waals surface area contributed by atoms with Crippen molar-refractivity contribution in [2.75, 3.05) is 11.9 Å². The van der Waals surface area contributed by atoms with Crippen molar-refractivity contribution in [3.8, 4) is 0 Å². The van der Waals surface area contributed by atoms with E-state index in [1.54, 1.807) is 6.07 Å². The van der Waals surface area contributed by atoms with Crippen molar-refractivity contribution in [1.29, 1.82) is 0 Å². The Labute approximate surface area is 210 Å². The molecule has 0 saturated carbocycles. The topological polar surface area (TPSA) is 98.5 Å². The predicted molar refractivity (Wildman–Crippen MR) is 135 cm³/mol. The van der Waals surface area contributed by atoms with E-state index in [4.69, 9.17) is 4.74 Å². The van der Waals surface area contributed by atoms with Crippen LogP contribution in [-0.4, -0.2) is 23.3 Å². The Morgan fingerprint density at radius 3 is 2.46 bits per heavy atom. The quantitative estimate of drug-likeness (QED) is 0.133. The number of nitrogens with one attached hydrogen (secondary N) is 1. The highest BCUT2D eigenvalue weighted by Crippen LogP contribution is 2.50. The molecule has 1 aliphatic carbocycles. The molecule has 35 heavy (non-hydrogen) atoms. The number of anilines is 1. The number of non-ortho nitro benzene ring substituents is 1. The molecule has 0 aromatic heterocycles. The van der Waals surface area contributed by atoms with Gasteiger partial charge < -0.3 is 10.1 Å². The number of hydrogen-bond acceptors (Lipinski definition) is 6. The molecule has 176 valence electrons. The predicted octanol–water partition coefficient (Wildman–Crippen LogP) is 6.22. The van der Waals surface area contributed by atoms with E-state index in [2.05, 4.69) is 45.5 Å². The summed E-state index contributed by atoms with van der Waals surface area (Å²) in [6.45, 7) is -0.441. The van der Waals surface area contributed by atoms with Crippen molar-refractivity contribution < 1.29 is 19.2 Å². The van der Waals surface area contributed by atoms with Gasteiger partial charge in [-0.1, -0.05) is 40.2 Å². The smallest absolute Gasteiger partial charge is 0.338 e. The average Bonchev–Trinajstić information content (AvgIpc) is 3.37. The van der Waals surface area contributed by atoms with Crippen molar-refractivity contribution in [3.63, 3.8) is 0 Å². The molecule has 1 heterocycles. The number of esters is 1. The first-order valence-electron chi connectivity index (χ1n) is 11.2. The number of carbonyl (C=O) groups is 2. The van der Waals surface area contributed by atoms with Crippen LogP contribution < -0.4 is 5.32 Å². The van der Waals surface area contributed by atoms with Gasteiger partial charge in [0, 0.05) is 33.8 Å². The van der Waals surface area contributed by atoms with E-state index >= 15 is 0 Å². The van der Waals surface area contributed by atoms with E-state index in [1.807, 2.05) is 24.3 Å². The van der Waals surface area contributed by atoms with Gasteiger partial charge in [0.25, 0.3) is 5.69 Å². The number of benzene rings is 3. The van der Waals surface area contributed by atoms with Crippen molar-refractivity contribution in [2.45, 2.75) is 18.4 Å². The fraction of sp³-hybridized carbons (Fsp3) is 0.185. The van der Waals surface area contributed by atoms with Crippen LogP contribution in [0.4, 0.5) is 11.4 Å². The van der Waals surface area contributed by atoms with E-state index in [-0.39, 0.29) is 23.2 Å². The second-order valence-electron chi connectivity index (χ2n) is 8.63. The molecule has 3 aromatic rings. The van der Waals surface area contributed by atoms with Crippen LogP contribution in [0.25, 0.3) is 0 Å². The number of hydrogen-bond donors (Lipinski definition) is 1. The van der Waals surface area contributed by atoms with Crippen LogP contribution in [0, 0.1) is 16.0 Å². The molecule has 8 heteroatoms. The molecule has 3 aromatic carbocycles. The molecule has 2 aliphatic rings. The normalized spacial score (nSPS) is 19.9. The third kappa shape index (κ3) is 4.61. The van der Waals surface area contributed by atoms with Crippen LogP contribution in [0.5, 0.6) is 0 Å². The summed E-state index contributed by atoms with van der Waals surface area (Å²) in [5, 5.41) is 14.4. The molecule has 3 atom stereocenters. The summed E-state index contributed by atoms with van der Waals surface area (Å²) in [6, 6.07) is 19.1. The minimum atomic E-state index is -0.586. The molecule has 0 amide bonds. The van der Waals surface area contributed by atoms with E-state index in [0.717, 1.165) is 22.1 Å². The van der Waals surface area contributed by atoms with Crippen molar-refractivity contribution in [3.05, 3.63) is 116 Å². The third-order valence-electron chi connectivity index (χ3n) is 6.56. The van der Waals surface area contributed by atoms with Crippen LogP contribution in [0.1, 0.15) is 50.2 Å². The SMILES string of the molecule is O=C(COC(=O)c1ccc2c(c1)[C@@H]1C=CC[C@@H]1[C@H](c1ccc(Br)cc1)N2)c1ccc([N+](=O)[O-])cc1. The zero-order chi connectivity index (χ0) is 24.5. The summed E-state index contributed by atoms with van der Waals surface area (Å²) < 4.78 is 6.30. The maximum Gasteiger partial charge on any atom is 0.338 e. The first-order chi connectivity index (χ1) is 16.9. The van der Waals surface area contributed by atoms with Gasteiger partial charge in [0.2, 0.25) is 0 Å². The molecule has 0 radical (unpaired) electrons.